The summed E-state index contributed by atoms with van der Waals surface area (Å²) in [6.45, 7) is 4.70. The van der Waals surface area contributed by atoms with E-state index < -0.39 is 10.0 Å². The molecule has 2 heterocycles. The van der Waals surface area contributed by atoms with Gasteiger partial charge in [0.05, 0.1) is 11.6 Å². The molecule has 1 aliphatic heterocycles. The predicted octanol–water partition coefficient (Wildman–Crippen LogP) is 3.09. The summed E-state index contributed by atoms with van der Waals surface area (Å²) in [5.41, 5.74) is 0.344. The van der Waals surface area contributed by atoms with E-state index in [9.17, 15) is 13.2 Å². The average Bonchev–Trinajstić information content (AvgIpc) is 3.30. The number of sulfonamides is 1. The molecule has 1 aromatic carbocycles. The molecule has 146 valence electrons. The van der Waals surface area contributed by atoms with Gasteiger partial charge in [-0.25, -0.2) is 8.42 Å². The zero-order valence-electron chi connectivity index (χ0n) is 14.8. The van der Waals surface area contributed by atoms with Crippen LogP contribution in [0.5, 0.6) is 11.5 Å². The average molecular weight is 431 g/mol. The largest absolute Gasteiger partial charge is 0.454 e. The molecular weight excluding hydrogens is 412 g/mol. The number of hydrogen-bond acceptors (Lipinski definition) is 6. The number of nitrogens with zero attached hydrogens (tertiary/aromatic N) is 1. The molecule has 3 rings (SSSR count). The van der Waals surface area contributed by atoms with Crippen LogP contribution < -0.4 is 14.8 Å². The highest BCUT2D eigenvalue weighted by Crippen LogP contribution is 2.39. The van der Waals surface area contributed by atoms with Crippen LogP contribution in [0, 0.1) is 0 Å². The first-order valence-corrected chi connectivity index (χ1v) is 11.0. The molecule has 0 atom stereocenters. The Hall–Kier alpha value is -1.81. The Morgan fingerprint density at radius 1 is 1.26 bits per heavy atom. The highest BCUT2D eigenvalue weighted by molar-refractivity contribution is 7.91. The molecule has 0 fully saturated rings. The van der Waals surface area contributed by atoms with Gasteiger partial charge in [-0.05, 0) is 24.3 Å². The van der Waals surface area contributed by atoms with Crippen LogP contribution in [-0.2, 0) is 16.6 Å². The second kappa shape index (κ2) is 8.05. The van der Waals surface area contributed by atoms with Gasteiger partial charge in [-0.1, -0.05) is 25.4 Å². The molecule has 0 bridgehead atoms. The molecule has 0 unspecified atom stereocenters. The Morgan fingerprint density at radius 3 is 2.70 bits per heavy atom. The minimum Gasteiger partial charge on any atom is -0.454 e. The van der Waals surface area contributed by atoms with Crippen molar-refractivity contribution in [3.05, 3.63) is 39.7 Å². The van der Waals surface area contributed by atoms with Crippen molar-refractivity contribution in [3.63, 3.8) is 0 Å². The first kappa shape index (κ1) is 19.9. The molecule has 1 amide bonds. The number of ether oxygens (including phenoxy) is 2. The van der Waals surface area contributed by atoms with Crippen molar-refractivity contribution < 1.29 is 22.7 Å². The van der Waals surface area contributed by atoms with E-state index in [1.165, 1.54) is 10.4 Å². The first-order valence-electron chi connectivity index (χ1n) is 8.33. The molecule has 0 saturated heterocycles. The maximum Gasteiger partial charge on any atom is 0.252 e. The highest BCUT2D eigenvalue weighted by atomic mass is 35.5. The molecule has 7 nitrogen and oxygen atoms in total. The van der Waals surface area contributed by atoms with Crippen molar-refractivity contribution in [1.29, 1.82) is 0 Å². The van der Waals surface area contributed by atoms with Crippen LogP contribution in [0.4, 0.5) is 0 Å². The number of amides is 1. The van der Waals surface area contributed by atoms with Gasteiger partial charge in [0.1, 0.15) is 4.21 Å². The van der Waals surface area contributed by atoms with Gasteiger partial charge in [-0.3, -0.25) is 4.79 Å². The monoisotopic (exact) mass is 430 g/mol. The van der Waals surface area contributed by atoms with Crippen molar-refractivity contribution in [2.75, 3.05) is 19.9 Å². The van der Waals surface area contributed by atoms with E-state index in [1.54, 1.807) is 32.0 Å². The number of benzene rings is 1. The lowest BCUT2D eigenvalue weighted by Gasteiger charge is -2.16. The van der Waals surface area contributed by atoms with Crippen molar-refractivity contribution >= 4 is 38.9 Å². The van der Waals surface area contributed by atoms with E-state index in [0.717, 1.165) is 16.2 Å². The lowest BCUT2D eigenvalue weighted by molar-refractivity contribution is 0.0951. The number of carbonyl (C=O) groups excluding carboxylic acids is 1. The standard InChI is InChI=1S/C17H19ClN2O5S2/c1-3-20(4-2)27(22,23)15-6-5-12(26-15)9-19-17(21)11-7-13(18)16-14(8-11)24-10-25-16/h5-8H,3-4,9-10H2,1-2H3,(H,19,21). The van der Waals surface area contributed by atoms with Gasteiger partial charge < -0.3 is 14.8 Å². The molecule has 0 spiro atoms. The van der Waals surface area contributed by atoms with Gasteiger partial charge >= 0.3 is 0 Å². The summed E-state index contributed by atoms with van der Waals surface area (Å²) in [4.78, 5) is 13.1. The third kappa shape index (κ3) is 4.06. The molecule has 0 aliphatic carbocycles. The fraction of sp³-hybridized carbons (Fsp3) is 0.353. The van der Waals surface area contributed by atoms with Crippen molar-refractivity contribution in [2.24, 2.45) is 0 Å². The second-order valence-electron chi connectivity index (χ2n) is 5.68. The second-order valence-corrected chi connectivity index (χ2v) is 9.42. The van der Waals surface area contributed by atoms with E-state index in [0.29, 0.717) is 35.2 Å². The van der Waals surface area contributed by atoms with Crippen LogP contribution in [0.25, 0.3) is 0 Å². The van der Waals surface area contributed by atoms with Gasteiger partial charge in [0.15, 0.2) is 11.5 Å². The third-order valence-electron chi connectivity index (χ3n) is 4.05. The first-order chi connectivity index (χ1) is 12.9. The Morgan fingerprint density at radius 2 is 2.00 bits per heavy atom. The van der Waals surface area contributed by atoms with Crippen molar-refractivity contribution in [2.45, 2.75) is 24.6 Å². The number of fused-ring (bicyclic) bond motifs is 1. The smallest absolute Gasteiger partial charge is 0.252 e. The molecule has 27 heavy (non-hydrogen) atoms. The number of halogens is 1. The van der Waals surface area contributed by atoms with Crippen LogP contribution >= 0.6 is 22.9 Å². The topological polar surface area (TPSA) is 84.9 Å². The minimum atomic E-state index is -3.49. The summed E-state index contributed by atoms with van der Waals surface area (Å²) < 4.78 is 37.2. The number of carbonyl (C=O) groups is 1. The number of rotatable bonds is 7. The Balaban J connectivity index is 1.69. The summed E-state index contributed by atoms with van der Waals surface area (Å²) in [6.07, 6.45) is 0. The number of thiophene rings is 1. The van der Waals surface area contributed by atoms with E-state index in [2.05, 4.69) is 5.32 Å². The van der Waals surface area contributed by atoms with Crippen LogP contribution in [0.2, 0.25) is 5.02 Å². The SMILES string of the molecule is CCN(CC)S(=O)(=O)c1ccc(CNC(=O)c2cc(Cl)c3c(c2)OCO3)s1. The van der Waals surface area contributed by atoms with Crippen LogP contribution in [0.3, 0.4) is 0 Å². The van der Waals surface area contributed by atoms with E-state index in [4.69, 9.17) is 21.1 Å². The summed E-state index contributed by atoms with van der Waals surface area (Å²) in [7, 11) is -3.49. The molecule has 10 heteroatoms. The molecule has 1 aromatic heterocycles. The van der Waals surface area contributed by atoms with E-state index in [-0.39, 0.29) is 23.5 Å². The Bertz CT molecular complexity index is 954. The number of nitrogens with one attached hydrogen (secondary N) is 1. The van der Waals surface area contributed by atoms with Crippen molar-refractivity contribution in [3.8, 4) is 11.5 Å². The normalized spacial score (nSPS) is 13.2. The molecule has 2 aromatic rings. The quantitative estimate of drug-likeness (QED) is 0.729. The lowest BCUT2D eigenvalue weighted by atomic mass is 10.2. The fourth-order valence-corrected chi connectivity index (χ4v) is 5.82. The molecule has 1 aliphatic rings. The maximum absolute atomic E-state index is 12.5. The summed E-state index contributed by atoms with van der Waals surface area (Å²) >= 11 is 7.24. The van der Waals surface area contributed by atoms with Gasteiger partial charge in [0, 0.05) is 23.5 Å². The minimum absolute atomic E-state index is 0.0686. The highest BCUT2D eigenvalue weighted by Gasteiger charge is 2.24. The van der Waals surface area contributed by atoms with Gasteiger partial charge in [-0.2, -0.15) is 4.31 Å². The zero-order chi connectivity index (χ0) is 19.6. The van der Waals surface area contributed by atoms with Crippen LogP contribution in [-0.4, -0.2) is 38.5 Å². The van der Waals surface area contributed by atoms with Crippen LogP contribution in [0.15, 0.2) is 28.5 Å². The van der Waals surface area contributed by atoms with Gasteiger partial charge in [0.25, 0.3) is 15.9 Å². The Kier molecular flexibility index (Phi) is 5.95. The summed E-state index contributed by atoms with van der Waals surface area (Å²) in [5.74, 6) is 0.519. The molecule has 0 radical (unpaired) electrons. The van der Waals surface area contributed by atoms with Gasteiger partial charge in [0.2, 0.25) is 6.79 Å². The predicted molar refractivity (Wildman–Crippen MR) is 103 cm³/mol. The maximum atomic E-state index is 12.5. The summed E-state index contributed by atoms with van der Waals surface area (Å²) in [6, 6.07) is 6.34. The van der Waals surface area contributed by atoms with Crippen molar-refractivity contribution in [1.82, 2.24) is 9.62 Å². The van der Waals surface area contributed by atoms with E-state index in [1.807, 2.05) is 0 Å². The summed E-state index contributed by atoms with van der Waals surface area (Å²) in [5, 5.41) is 3.07. The van der Waals surface area contributed by atoms with E-state index >= 15 is 0 Å². The zero-order valence-corrected chi connectivity index (χ0v) is 17.2. The van der Waals surface area contributed by atoms with Gasteiger partial charge in [-0.15, -0.1) is 11.3 Å². The fourth-order valence-electron chi connectivity index (χ4n) is 2.65. The third-order valence-corrected chi connectivity index (χ3v) is 7.93. The Labute approximate surface area is 166 Å². The van der Waals surface area contributed by atoms with Crippen LogP contribution in [0.1, 0.15) is 29.1 Å². The lowest BCUT2D eigenvalue weighted by Crippen LogP contribution is -2.30. The molecule has 1 N–H and O–H groups in total. The number of hydrogen-bond donors (Lipinski definition) is 1. The molecule has 0 saturated carbocycles. The molecular formula is C17H19ClN2O5S2.